The number of aliphatic hydroxyl groups is 1. The summed E-state index contributed by atoms with van der Waals surface area (Å²) in [4.78, 5) is 49.2. The Labute approximate surface area is 191 Å². The monoisotopic (exact) mass is 462 g/mol. The van der Waals surface area contributed by atoms with Gasteiger partial charge in [-0.05, 0) is 37.0 Å². The van der Waals surface area contributed by atoms with Crippen LogP contribution in [0.15, 0.2) is 23.3 Å². The molecule has 1 heterocycles. The lowest BCUT2D eigenvalue weighted by atomic mass is 10.0. The number of rotatable bonds is 12. The van der Waals surface area contributed by atoms with Crippen molar-refractivity contribution in [3.63, 3.8) is 0 Å². The SMILES string of the molecule is CC(C)C[C@@H](C(O)N[C@H](C=O)CC(=O)O)N1CC[C@@H](NC(=O)c2ccc(N)c(N=N)c2)C1=O. The van der Waals surface area contributed by atoms with Crippen LogP contribution in [0.2, 0.25) is 0 Å². The van der Waals surface area contributed by atoms with Gasteiger partial charge in [0, 0.05) is 12.1 Å². The van der Waals surface area contributed by atoms with Gasteiger partial charge in [0.2, 0.25) is 5.91 Å². The van der Waals surface area contributed by atoms with Crippen molar-refractivity contribution < 1.29 is 29.4 Å². The highest BCUT2D eigenvalue weighted by Gasteiger charge is 2.40. The zero-order valence-corrected chi connectivity index (χ0v) is 18.5. The number of carboxylic acids is 1. The van der Waals surface area contributed by atoms with Crippen molar-refractivity contribution in [1.29, 1.82) is 5.53 Å². The summed E-state index contributed by atoms with van der Waals surface area (Å²) in [7, 11) is 0. The zero-order chi connectivity index (χ0) is 24.7. The lowest BCUT2D eigenvalue weighted by molar-refractivity contribution is -0.140. The lowest BCUT2D eigenvalue weighted by Gasteiger charge is -2.34. The largest absolute Gasteiger partial charge is 0.481 e. The Bertz CT molecular complexity index is 907. The van der Waals surface area contributed by atoms with Crippen LogP contribution in [-0.2, 0) is 14.4 Å². The number of aliphatic hydroxyl groups excluding tert-OH is 1. The van der Waals surface area contributed by atoms with Crippen molar-refractivity contribution in [3.05, 3.63) is 23.8 Å². The second-order valence-corrected chi connectivity index (χ2v) is 8.38. The van der Waals surface area contributed by atoms with E-state index in [4.69, 9.17) is 16.4 Å². The molecule has 1 unspecified atom stereocenters. The molecule has 12 nitrogen and oxygen atoms in total. The van der Waals surface area contributed by atoms with Gasteiger partial charge in [-0.1, -0.05) is 13.8 Å². The molecule has 2 rings (SSSR count). The van der Waals surface area contributed by atoms with Crippen molar-refractivity contribution >= 4 is 35.4 Å². The highest BCUT2D eigenvalue weighted by atomic mass is 16.4. The summed E-state index contributed by atoms with van der Waals surface area (Å²) in [5.41, 5.74) is 13.4. The van der Waals surface area contributed by atoms with Crippen molar-refractivity contribution in [2.24, 2.45) is 11.0 Å². The predicted molar refractivity (Wildman–Crippen MR) is 118 cm³/mol. The maximum absolute atomic E-state index is 13.1. The molecule has 1 aromatic carbocycles. The quantitative estimate of drug-likeness (QED) is 0.112. The minimum absolute atomic E-state index is 0.0869. The van der Waals surface area contributed by atoms with Crippen molar-refractivity contribution in [2.75, 3.05) is 12.3 Å². The van der Waals surface area contributed by atoms with E-state index in [-0.39, 0.29) is 29.4 Å². The molecule has 12 heteroatoms. The van der Waals surface area contributed by atoms with E-state index in [1.165, 1.54) is 23.1 Å². The van der Waals surface area contributed by atoms with Gasteiger partial charge < -0.3 is 31.0 Å². The Morgan fingerprint density at radius 2 is 2.09 bits per heavy atom. The number of likely N-dealkylation sites (tertiary alicyclic amines) is 1. The van der Waals surface area contributed by atoms with E-state index in [2.05, 4.69) is 15.7 Å². The average Bonchev–Trinajstić information content (AvgIpc) is 3.10. The van der Waals surface area contributed by atoms with Crippen LogP contribution in [0.3, 0.4) is 0 Å². The van der Waals surface area contributed by atoms with Crippen molar-refractivity contribution in [3.8, 4) is 0 Å². The number of aldehydes is 1. The van der Waals surface area contributed by atoms with Gasteiger partial charge in [0.1, 0.15) is 24.2 Å². The lowest BCUT2D eigenvalue weighted by Crippen LogP contribution is -2.55. The number of amides is 2. The number of carbonyl (C=O) groups excluding carboxylic acids is 3. The number of carbonyl (C=O) groups is 4. The minimum atomic E-state index is -1.33. The van der Waals surface area contributed by atoms with Crippen LogP contribution in [0.4, 0.5) is 11.4 Å². The van der Waals surface area contributed by atoms with Crippen LogP contribution in [0, 0.1) is 11.4 Å². The Kier molecular flexibility index (Phi) is 9.00. The fraction of sp³-hybridized carbons (Fsp3) is 0.524. The van der Waals surface area contributed by atoms with Gasteiger partial charge in [-0.25, -0.2) is 5.53 Å². The number of nitrogen functional groups attached to an aromatic ring is 1. The Hall–Kier alpha value is -3.38. The topological polar surface area (TPSA) is 198 Å². The van der Waals surface area contributed by atoms with Gasteiger partial charge in [0.25, 0.3) is 5.91 Å². The molecule has 1 saturated heterocycles. The molecule has 7 N–H and O–H groups in total. The smallest absolute Gasteiger partial charge is 0.305 e. The summed E-state index contributed by atoms with van der Waals surface area (Å²) < 4.78 is 0. The van der Waals surface area contributed by atoms with Gasteiger partial charge in [0.05, 0.1) is 24.2 Å². The number of carboxylic acid groups (broad SMARTS) is 1. The van der Waals surface area contributed by atoms with E-state index in [0.29, 0.717) is 19.1 Å². The second kappa shape index (κ2) is 11.5. The molecule has 180 valence electrons. The van der Waals surface area contributed by atoms with Crippen molar-refractivity contribution in [1.82, 2.24) is 15.5 Å². The van der Waals surface area contributed by atoms with Crippen LogP contribution >= 0.6 is 0 Å². The molecule has 1 fully saturated rings. The second-order valence-electron chi connectivity index (χ2n) is 8.38. The fourth-order valence-corrected chi connectivity index (χ4v) is 3.76. The molecule has 33 heavy (non-hydrogen) atoms. The van der Waals surface area contributed by atoms with E-state index in [9.17, 15) is 24.3 Å². The summed E-state index contributed by atoms with van der Waals surface area (Å²) in [6.07, 6.45) is -0.731. The standard InChI is InChI=1S/C21H30N6O6/c1-11(2)7-17(20(32)24-13(10-28)9-18(29)30)27-6-5-15(21(27)33)25-19(31)12-3-4-14(22)16(8-12)26-23/h3-4,8,10-11,13,15,17,20,23-24,32H,5-7,9,22H2,1-2H3,(H,25,31)(H,29,30)/t13-,15+,17-,20?/m0/s1. The number of aliphatic carboxylic acids is 1. The molecule has 0 aromatic heterocycles. The Morgan fingerprint density at radius 1 is 1.39 bits per heavy atom. The zero-order valence-electron chi connectivity index (χ0n) is 18.5. The average molecular weight is 463 g/mol. The fourth-order valence-electron chi connectivity index (χ4n) is 3.76. The number of nitrogens with two attached hydrogens (primary N) is 1. The molecule has 4 atom stereocenters. The molecule has 1 aliphatic rings. The molecule has 0 bridgehead atoms. The van der Waals surface area contributed by atoms with Crippen molar-refractivity contribution in [2.45, 2.75) is 57.5 Å². The molecule has 1 aliphatic heterocycles. The maximum Gasteiger partial charge on any atom is 0.305 e. The molecule has 0 radical (unpaired) electrons. The molecular weight excluding hydrogens is 432 g/mol. The number of hydrogen-bond donors (Lipinski definition) is 6. The van der Waals surface area contributed by atoms with Gasteiger partial charge in [-0.2, -0.15) is 5.11 Å². The first-order valence-corrected chi connectivity index (χ1v) is 10.6. The van der Waals surface area contributed by atoms with Gasteiger partial charge in [-0.15, -0.1) is 0 Å². The molecule has 0 spiro atoms. The third-order valence-corrected chi connectivity index (χ3v) is 5.38. The van der Waals surface area contributed by atoms with Gasteiger partial charge in [-0.3, -0.25) is 19.7 Å². The first-order valence-electron chi connectivity index (χ1n) is 10.6. The normalized spacial score (nSPS) is 18.6. The van der Waals surface area contributed by atoms with Crippen LogP contribution in [-0.4, -0.2) is 70.1 Å². The summed E-state index contributed by atoms with van der Waals surface area (Å²) in [6.45, 7) is 4.08. The summed E-state index contributed by atoms with van der Waals surface area (Å²) in [5.74, 6) is -2.03. The Balaban J connectivity index is 2.12. The minimum Gasteiger partial charge on any atom is -0.481 e. The molecule has 0 saturated carbocycles. The van der Waals surface area contributed by atoms with Crippen LogP contribution in [0.1, 0.15) is 43.5 Å². The number of hydrogen-bond acceptors (Lipinski definition) is 9. The number of nitrogens with zero attached hydrogens (tertiary/aromatic N) is 2. The van der Waals surface area contributed by atoms with Crippen LogP contribution in [0.5, 0.6) is 0 Å². The third kappa shape index (κ3) is 6.80. The predicted octanol–water partition coefficient (Wildman–Crippen LogP) is 0.627. The summed E-state index contributed by atoms with van der Waals surface area (Å²) in [5, 5.41) is 28.1. The van der Waals surface area contributed by atoms with Gasteiger partial charge in [0.15, 0.2) is 0 Å². The van der Waals surface area contributed by atoms with Gasteiger partial charge >= 0.3 is 5.97 Å². The van der Waals surface area contributed by atoms with Crippen LogP contribution in [0.25, 0.3) is 0 Å². The third-order valence-electron chi connectivity index (χ3n) is 5.38. The molecular formula is C21H30N6O6. The van der Waals surface area contributed by atoms with Crippen LogP contribution < -0.4 is 16.4 Å². The highest BCUT2D eigenvalue weighted by molar-refractivity contribution is 5.99. The molecule has 0 aliphatic carbocycles. The van der Waals surface area contributed by atoms with E-state index >= 15 is 0 Å². The number of benzene rings is 1. The first-order chi connectivity index (χ1) is 15.6. The summed E-state index contributed by atoms with van der Waals surface area (Å²) in [6, 6.07) is 1.62. The number of nitrogens with one attached hydrogen (secondary N) is 3. The maximum atomic E-state index is 13.1. The van der Waals surface area contributed by atoms with E-state index in [1.807, 2.05) is 13.8 Å². The first kappa shape index (κ1) is 25.9. The molecule has 1 aromatic rings. The Morgan fingerprint density at radius 3 is 2.67 bits per heavy atom. The van der Waals surface area contributed by atoms with E-state index in [1.54, 1.807) is 0 Å². The van der Waals surface area contributed by atoms with E-state index < -0.39 is 48.6 Å². The summed E-state index contributed by atoms with van der Waals surface area (Å²) >= 11 is 0. The highest BCUT2D eigenvalue weighted by Crippen LogP contribution is 2.24. The molecule has 2 amide bonds. The van der Waals surface area contributed by atoms with E-state index in [0.717, 1.165) is 0 Å². The number of anilines is 1.